The van der Waals surface area contributed by atoms with Crippen LogP contribution in [0.3, 0.4) is 0 Å². The van der Waals surface area contributed by atoms with Crippen molar-refractivity contribution in [3.05, 3.63) is 0 Å². The van der Waals surface area contributed by atoms with Crippen LogP contribution in [0.1, 0.15) is 100 Å². The van der Waals surface area contributed by atoms with Gasteiger partial charge in [-0.25, -0.2) is 9.59 Å². The van der Waals surface area contributed by atoms with Crippen molar-refractivity contribution in [2.75, 3.05) is 0 Å². The number of primary amides is 2. The minimum absolute atomic E-state index is 0.0357. The van der Waals surface area contributed by atoms with Crippen molar-refractivity contribution in [2.24, 2.45) is 35.1 Å². The van der Waals surface area contributed by atoms with E-state index in [-0.39, 0.29) is 24.2 Å². The first-order valence-electron chi connectivity index (χ1n) is 13.6. The molecule has 0 aromatic rings. The van der Waals surface area contributed by atoms with Crippen molar-refractivity contribution in [3.8, 4) is 0 Å². The second-order valence-corrected chi connectivity index (χ2v) is 13.8. The molecule has 12 nitrogen and oxygen atoms in total. The van der Waals surface area contributed by atoms with Crippen LogP contribution in [-0.2, 0) is 19.3 Å². The molecule has 224 valence electrons. The van der Waals surface area contributed by atoms with E-state index in [0.717, 1.165) is 0 Å². The molecule has 2 saturated heterocycles. The van der Waals surface area contributed by atoms with Crippen LogP contribution in [0.5, 0.6) is 0 Å². The smallest absolute Gasteiger partial charge is 0.423 e. The molecule has 2 aliphatic rings. The molecule has 2 rings (SSSR count). The lowest BCUT2D eigenvalue weighted by atomic mass is 9.61. The molecule has 0 radical (unpaired) electrons. The van der Waals surface area contributed by atoms with Crippen molar-refractivity contribution < 1.29 is 39.1 Å². The maximum absolute atomic E-state index is 11.7. The van der Waals surface area contributed by atoms with Crippen LogP contribution in [-0.4, -0.2) is 66.6 Å². The fourth-order valence-corrected chi connectivity index (χ4v) is 7.73. The summed E-state index contributed by atoms with van der Waals surface area (Å²) in [5.41, 5.74) is 8.61. The number of rotatable bonds is 10. The fourth-order valence-electron chi connectivity index (χ4n) is 7.73. The Bertz CT molecular complexity index is 842. The van der Waals surface area contributed by atoms with Gasteiger partial charge in [0.05, 0.1) is 22.2 Å². The van der Waals surface area contributed by atoms with E-state index in [9.17, 15) is 29.4 Å². The molecule has 2 fully saturated rings. The normalized spacial score (nSPS) is 23.4. The topological polar surface area (TPSA) is 186 Å². The minimum Gasteiger partial charge on any atom is -0.481 e. The van der Waals surface area contributed by atoms with E-state index in [1.807, 2.05) is 55.4 Å². The lowest BCUT2D eigenvalue weighted by Crippen LogP contribution is -2.64. The SMILES string of the molecule is CC1(C)CC(C(CCCC(C(=O)O)C(=O)O)C2CC(C)(C)N(OC(N)=O)C(C)(C)C2)CC(C)(C)N1OC(N)=O. The van der Waals surface area contributed by atoms with Gasteiger partial charge in [0.1, 0.15) is 0 Å². The number of nitrogens with zero attached hydrogens (tertiary/aromatic N) is 2. The number of piperidine rings is 2. The van der Waals surface area contributed by atoms with Gasteiger partial charge in [-0.05, 0) is 112 Å². The van der Waals surface area contributed by atoms with Gasteiger partial charge in [0.2, 0.25) is 0 Å². The van der Waals surface area contributed by atoms with Crippen molar-refractivity contribution in [2.45, 2.75) is 122 Å². The average Bonchev–Trinajstić information content (AvgIpc) is 2.71. The highest BCUT2D eigenvalue weighted by molar-refractivity contribution is 5.92. The van der Waals surface area contributed by atoms with Gasteiger partial charge in [-0.1, -0.05) is 6.42 Å². The summed E-state index contributed by atoms with van der Waals surface area (Å²) in [7, 11) is 0. The minimum atomic E-state index is -1.46. The van der Waals surface area contributed by atoms with E-state index in [1.165, 1.54) is 0 Å². The second kappa shape index (κ2) is 11.5. The highest BCUT2D eigenvalue weighted by Crippen LogP contribution is 2.52. The number of carbonyl (C=O) groups is 4. The number of carbonyl (C=O) groups excluding carboxylic acids is 2. The standard InChI is InChI=1S/C27H48N4O8/c1-24(2)12-16(13-25(3,4)30(24)38-22(28)36)18(10-9-11-19(20(32)33)21(34)35)17-14-26(5,6)31(39-23(29)37)27(7,8)15-17/h16-19H,9-15H2,1-8H3,(H2,28,36)(H2,29,37)(H,32,33)(H,34,35). The number of amides is 2. The molecule has 0 aromatic heterocycles. The zero-order chi connectivity index (χ0) is 30.1. The van der Waals surface area contributed by atoms with Gasteiger partial charge in [-0.15, -0.1) is 10.1 Å². The van der Waals surface area contributed by atoms with E-state index in [4.69, 9.17) is 21.1 Å². The molecular weight excluding hydrogens is 508 g/mol. The van der Waals surface area contributed by atoms with Gasteiger partial charge < -0.3 is 31.4 Å². The molecule has 6 N–H and O–H groups in total. The van der Waals surface area contributed by atoms with Crippen molar-refractivity contribution in [1.82, 2.24) is 10.1 Å². The van der Waals surface area contributed by atoms with E-state index in [1.54, 1.807) is 10.1 Å². The molecule has 39 heavy (non-hydrogen) atoms. The molecule has 2 heterocycles. The highest BCUT2D eigenvalue weighted by Gasteiger charge is 2.54. The van der Waals surface area contributed by atoms with Gasteiger partial charge in [0.15, 0.2) is 5.92 Å². The Balaban J connectivity index is 2.43. The van der Waals surface area contributed by atoms with E-state index < -0.39 is 52.2 Å². The Morgan fingerprint density at radius 1 is 0.692 bits per heavy atom. The Kier molecular flexibility index (Phi) is 9.60. The lowest BCUT2D eigenvalue weighted by Gasteiger charge is -2.58. The molecule has 0 unspecified atom stereocenters. The van der Waals surface area contributed by atoms with Gasteiger partial charge in [-0.2, -0.15) is 0 Å². The number of hydrogen-bond donors (Lipinski definition) is 4. The van der Waals surface area contributed by atoms with Gasteiger partial charge in [0, 0.05) is 0 Å². The van der Waals surface area contributed by atoms with E-state index in [2.05, 4.69) is 0 Å². The summed E-state index contributed by atoms with van der Waals surface area (Å²) in [6.45, 7) is 16.0. The zero-order valence-electron chi connectivity index (χ0n) is 24.7. The third-order valence-corrected chi connectivity index (χ3v) is 8.45. The number of carboxylic acids is 2. The average molecular weight is 557 g/mol. The molecule has 12 heteroatoms. The van der Waals surface area contributed by atoms with Crippen LogP contribution < -0.4 is 11.5 Å². The molecule has 0 aromatic carbocycles. The molecule has 0 atom stereocenters. The number of hydroxylamine groups is 4. The largest absolute Gasteiger partial charge is 0.481 e. The van der Waals surface area contributed by atoms with Gasteiger partial charge in [0.25, 0.3) is 0 Å². The Labute approximate surface area is 231 Å². The van der Waals surface area contributed by atoms with E-state index in [0.29, 0.717) is 38.5 Å². The lowest BCUT2D eigenvalue weighted by molar-refractivity contribution is -0.262. The number of hydrogen-bond acceptors (Lipinski definition) is 8. The van der Waals surface area contributed by atoms with Crippen LogP contribution in [0.25, 0.3) is 0 Å². The summed E-state index contributed by atoms with van der Waals surface area (Å²) in [4.78, 5) is 57.3. The first kappa shape index (κ1) is 32.6. The van der Waals surface area contributed by atoms with Crippen LogP contribution in [0, 0.1) is 23.7 Å². The van der Waals surface area contributed by atoms with Crippen molar-refractivity contribution in [1.29, 1.82) is 0 Å². The first-order chi connectivity index (χ1) is 17.6. The first-order valence-corrected chi connectivity index (χ1v) is 13.6. The fraction of sp³-hybridized carbons (Fsp3) is 0.852. The second-order valence-electron chi connectivity index (χ2n) is 13.8. The summed E-state index contributed by atoms with van der Waals surface area (Å²) in [5.74, 6) is -3.69. The molecule has 2 aliphatic heterocycles. The maximum Gasteiger partial charge on any atom is 0.423 e. The molecule has 2 amide bonds. The van der Waals surface area contributed by atoms with Crippen LogP contribution in [0.15, 0.2) is 0 Å². The Hall–Kier alpha value is -2.60. The molecule has 0 aliphatic carbocycles. The number of aliphatic carboxylic acids is 2. The molecular formula is C27H48N4O8. The zero-order valence-corrected chi connectivity index (χ0v) is 24.7. The Morgan fingerprint density at radius 3 is 1.26 bits per heavy atom. The van der Waals surface area contributed by atoms with Crippen LogP contribution in [0.4, 0.5) is 9.59 Å². The van der Waals surface area contributed by atoms with E-state index >= 15 is 0 Å². The summed E-state index contributed by atoms with van der Waals surface area (Å²) < 4.78 is 0. The van der Waals surface area contributed by atoms with Crippen molar-refractivity contribution in [3.63, 3.8) is 0 Å². The Morgan fingerprint density at radius 2 is 1.00 bits per heavy atom. The predicted octanol–water partition coefficient (Wildman–Crippen LogP) is 4.12. The summed E-state index contributed by atoms with van der Waals surface area (Å²) in [5, 5.41) is 22.1. The van der Waals surface area contributed by atoms with Gasteiger partial charge >= 0.3 is 24.1 Å². The quantitative estimate of drug-likeness (QED) is 0.285. The van der Waals surface area contributed by atoms with Crippen LogP contribution in [0.2, 0.25) is 0 Å². The third kappa shape index (κ3) is 7.75. The van der Waals surface area contributed by atoms with Gasteiger partial charge in [-0.3, -0.25) is 9.59 Å². The number of carboxylic acid groups (broad SMARTS) is 2. The third-order valence-electron chi connectivity index (χ3n) is 8.45. The summed E-state index contributed by atoms with van der Waals surface area (Å²) in [6.07, 6.45) is 2.12. The predicted molar refractivity (Wildman–Crippen MR) is 143 cm³/mol. The number of nitrogens with two attached hydrogens (primary N) is 2. The van der Waals surface area contributed by atoms with Crippen LogP contribution >= 0.6 is 0 Å². The molecule has 0 spiro atoms. The van der Waals surface area contributed by atoms with Crippen molar-refractivity contribution >= 4 is 24.1 Å². The monoisotopic (exact) mass is 556 g/mol. The summed E-state index contributed by atoms with van der Waals surface area (Å²) >= 11 is 0. The molecule has 0 bridgehead atoms. The molecule has 0 saturated carbocycles. The maximum atomic E-state index is 11.7. The summed E-state index contributed by atoms with van der Waals surface area (Å²) in [6, 6.07) is 0. The highest BCUT2D eigenvalue weighted by atomic mass is 16.7.